The first-order chi connectivity index (χ1) is 34.3. The van der Waals surface area contributed by atoms with E-state index in [0.717, 1.165) is 39.1 Å². The molecule has 0 N–H and O–H groups in total. The van der Waals surface area contributed by atoms with Gasteiger partial charge in [0.15, 0.2) is 5.82 Å². The Hall–Kier alpha value is -9.28. The maximum Gasteiger partial charge on any atom is 0.179 e. The Morgan fingerprint density at radius 2 is 0.864 bits per heavy atom. The summed E-state index contributed by atoms with van der Waals surface area (Å²) in [7, 11) is 0. The van der Waals surface area contributed by atoms with E-state index in [4.69, 9.17) is 35.4 Å². The van der Waals surface area contributed by atoms with Crippen LogP contribution < -0.4 is 0 Å². The Bertz CT molecular complexity index is 3650. The van der Waals surface area contributed by atoms with Crippen LogP contribution in [0.3, 0.4) is 0 Å². The molecule has 10 nitrogen and oxygen atoms in total. The van der Waals surface area contributed by atoms with Gasteiger partial charge in [-0.1, -0.05) is 72.8 Å². The molecule has 0 unspecified atom stereocenters. The van der Waals surface area contributed by atoms with Crippen molar-refractivity contribution in [3.63, 3.8) is 0 Å². The van der Waals surface area contributed by atoms with E-state index in [2.05, 4.69) is 19.9 Å². The standard InChI is InChI=1S/C56H36N10/c1-3-12-37(13-4-1)42-28-49(40-16-10-23-58-35-40)62-51(30-42)53-34-54(52-31-43(38-21-26-57-27-22-38)29-50(63-52)41-17-11-24-59-36-41)66-56(65-53)55-33-44(32-48(64-55)39-14-5-2-6-15-39)45-19-9-20-47(61-45)46-18-7-8-25-60-46/h1-36H/i11D,17D,24D,36D. The van der Waals surface area contributed by atoms with Crippen LogP contribution in [0.15, 0.2) is 219 Å². The summed E-state index contributed by atoms with van der Waals surface area (Å²) in [5, 5.41) is 0. The molecular formula is C56H36N10. The molecule has 0 aliphatic heterocycles. The first kappa shape index (κ1) is 35.2. The fourth-order valence-corrected chi connectivity index (χ4v) is 7.60. The van der Waals surface area contributed by atoms with Gasteiger partial charge in [-0.15, -0.1) is 0 Å². The molecule has 0 bridgehead atoms. The van der Waals surface area contributed by atoms with E-state index in [1.807, 2.05) is 158 Å². The average molecular weight is 853 g/mol. The largest absolute Gasteiger partial charge is 0.265 e. The molecule has 11 aromatic rings. The van der Waals surface area contributed by atoms with Crippen molar-refractivity contribution in [3.8, 4) is 113 Å². The van der Waals surface area contributed by atoms with Crippen LogP contribution in [0.25, 0.3) is 113 Å². The van der Waals surface area contributed by atoms with E-state index < -0.39 is 12.2 Å². The summed E-state index contributed by atoms with van der Waals surface area (Å²) in [6.45, 7) is 0. The van der Waals surface area contributed by atoms with Crippen LogP contribution in [0.2, 0.25) is 0 Å². The van der Waals surface area contributed by atoms with E-state index >= 15 is 0 Å². The second-order valence-electron chi connectivity index (χ2n) is 15.1. The third-order valence-corrected chi connectivity index (χ3v) is 10.8. The molecule has 310 valence electrons. The fourth-order valence-electron chi connectivity index (χ4n) is 7.60. The highest BCUT2D eigenvalue weighted by Gasteiger charge is 2.20. The van der Waals surface area contributed by atoms with Crippen LogP contribution >= 0.6 is 0 Å². The van der Waals surface area contributed by atoms with Gasteiger partial charge in [0.2, 0.25) is 0 Å². The highest BCUT2D eigenvalue weighted by Crippen LogP contribution is 2.36. The first-order valence-electron chi connectivity index (χ1n) is 23.0. The van der Waals surface area contributed by atoms with Gasteiger partial charge in [-0.2, -0.15) is 0 Å². The van der Waals surface area contributed by atoms with Gasteiger partial charge >= 0.3 is 0 Å². The Kier molecular flexibility index (Phi) is 9.51. The van der Waals surface area contributed by atoms with E-state index in [1.165, 1.54) is 0 Å². The van der Waals surface area contributed by atoms with Crippen LogP contribution in [-0.2, 0) is 0 Å². The minimum absolute atomic E-state index is 0.00769. The first-order valence-corrected chi connectivity index (χ1v) is 21.0. The number of hydrogen-bond acceptors (Lipinski definition) is 10. The van der Waals surface area contributed by atoms with E-state index in [1.54, 1.807) is 37.1 Å². The molecule has 0 fully saturated rings. The lowest BCUT2D eigenvalue weighted by atomic mass is 10.0. The average Bonchev–Trinajstić information content (AvgIpc) is 3.43. The molecule has 2 aromatic carbocycles. The number of aromatic nitrogens is 10. The van der Waals surface area contributed by atoms with Gasteiger partial charge in [0.25, 0.3) is 0 Å². The van der Waals surface area contributed by atoms with Gasteiger partial charge in [0.05, 0.1) is 62.4 Å². The van der Waals surface area contributed by atoms with Crippen molar-refractivity contribution in [2.75, 3.05) is 0 Å². The molecule has 0 amide bonds. The molecule has 0 spiro atoms. The third kappa shape index (κ3) is 8.45. The van der Waals surface area contributed by atoms with Crippen molar-refractivity contribution >= 4 is 0 Å². The molecule has 0 saturated carbocycles. The minimum Gasteiger partial charge on any atom is -0.265 e. The topological polar surface area (TPSA) is 129 Å². The molecule has 0 atom stereocenters. The van der Waals surface area contributed by atoms with Gasteiger partial charge in [-0.3, -0.25) is 19.9 Å². The van der Waals surface area contributed by atoms with Crippen molar-refractivity contribution in [2.45, 2.75) is 0 Å². The van der Waals surface area contributed by atoms with Crippen molar-refractivity contribution < 1.29 is 5.48 Å². The highest BCUT2D eigenvalue weighted by molar-refractivity contribution is 5.81. The van der Waals surface area contributed by atoms with Crippen LogP contribution in [0, 0.1) is 0 Å². The zero-order chi connectivity index (χ0) is 47.6. The number of rotatable bonds is 10. The smallest absolute Gasteiger partial charge is 0.179 e. The Morgan fingerprint density at radius 3 is 1.58 bits per heavy atom. The minimum atomic E-state index is -0.464. The summed E-state index contributed by atoms with van der Waals surface area (Å²) in [6, 6.07) is 51.6. The molecule has 0 aliphatic rings. The molecule has 11 rings (SSSR count). The van der Waals surface area contributed by atoms with Crippen LogP contribution in [0.1, 0.15) is 5.48 Å². The SMILES string of the molecule is [2H]c1nc([2H])c(-c2cc(-c3ccncc3)cc(-c3cc(-c4cc(-c5ccccc5)cc(-c5cccnc5)n4)nc(-c4cc(-c5cccc(-c6ccccn6)n5)cc(-c5ccccc5)n4)n3)n2)c([2H])c1[2H]. The lowest BCUT2D eigenvalue weighted by Gasteiger charge is -2.14. The Labute approximate surface area is 386 Å². The summed E-state index contributed by atoms with van der Waals surface area (Å²) in [5.74, 6) is 0.260. The number of nitrogens with zero attached hydrogens (tertiary/aromatic N) is 10. The van der Waals surface area contributed by atoms with E-state index in [0.29, 0.717) is 56.8 Å². The maximum atomic E-state index is 8.91. The zero-order valence-electron chi connectivity index (χ0n) is 38.9. The second kappa shape index (κ2) is 17.8. The van der Waals surface area contributed by atoms with Gasteiger partial charge in [0.1, 0.15) is 5.69 Å². The Balaban J connectivity index is 1.18. The lowest BCUT2D eigenvalue weighted by Crippen LogP contribution is -2.02. The predicted molar refractivity (Wildman–Crippen MR) is 259 cm³/mol. The second-order valence-corrected chi connectivity index (χ2v) is 15.1. The van der Waals surface area contributed by atoms with Gasteiger partial charge in [-0.05, 0) is 125 Å². The molecule has 66 heavy (non-hydrogen) atoms. The van der Waals surface area contributed by atoms with Crippen molar-refractivity contribution in [1.82, 2.24) is 49.8 Å². The van der Waals surface area contributed by atoms with Crippen molar-refractivity contribution in [3.05, 3.63) is 219 Å². The summed E-state index contributed by atoms with van der Waals surface area (Å²) in [6.07, 6.45) is 7.78. The van der Waals surface area contributed by atoms with Crippen molar-refractivity contribution in [2.24, 2.45) is 0 Å². The van der Waals surface area contributed by atoms with Crippen molar-refractivity contribution in [1.29, 1.82) is 0 Å². The Morgan fingerprint density at radius 1 is 0.303 bits per heavy atom. The summed E-state index contributed by atoms with van der Waals surface area (Å²) in [5.41, 5.74) is 11.7. The molecule has 0 saturated heterocycles. The third-order valence-electron chi connectivity index (χ3n) is 10.8. The maximum absolute atomic E-state index is 8.91. The summed E-state index contributed by atoms with van der Waals surface area (Å²) in [4.78, 5) is 48.3. The van der Waals surface area contributed by atoms with Gasteiger partial charge < -0.3 is 0 Å². The van der Waals surface area contributed by atoms with E-state index in [9.17, 15) is 0 Å². The zero-order valence-corrected chi connectivity index (χ0v) is 34.9. The molecule has 0 aliphatic carbocycles. The van der Waals surface area contributed by atoms with Crippen LogP contribution in [0.5, 0.6) is 0 Å². The fraction of sp³-hybridized carbons (Fsp3) is 0. The number of benzene rings is 2. The normalized spacial score (nSPS) is 11.9. The highest BCUT2D eigenvalue weighted by atomic mass is 15.0. The molecule has 10 heteroatoms. The van der Waals surface area contributed by atoms with Gasteiger partial charge in [-0.25, -0.2) is 29.9 Å². The monoisotopic (exact) mass is 852 g/mol. The van der Waals surface area contributed by atoms with Crippen LogP contribution in [0.4, 0.5) is 0 Å². The lowest BCUT2D eigenvalue weighted by molar-refractivity contribution is 1.12. The summed E-state index contributed by atoms with van der Waals surface area (Å²) < 4.78 is 34.4. The quantitative estimate of drug-likeness (QED) is 0.131. The summed E-state index contributed by atoms with van der Waals surface area (Å²) >= 11 is 0. The van der Waals surface area contributed by atoms with E-state index in [-0.39, 0.29) is 29.3 Å². The molecule has 9 aromatic heterocycles. The van der Waals surface area contributed by atoms with Crippen LogP contribution in [-0.4, -0.2) is 49.8 Å². The molecule has 9 heterocycles. The number of pyridine rings is 8. The molecule has 0 radical (unpaired) electrons. The number of hydrogen-bond donors (Lipinski definition) is 0. The molecular weight excluding hydrogens is 813 g/mol. The van der Waals surface area contributed by atoms with Gasteiger partial charge in [0, 0.05) is 65.6 Å². The predicted octanol–water partition coefficient (Wildman–Crippen LogP) is 12.3.